The number of carboxylic acids is 1. The lowest BCUT2D eigenvalue weighted by Gasteiger charge is -2.12. The minimum atomic E-state index is -1.08. The van der Waals surface area contributed by atoms with Crippen molar-refractivity contribution in [3.8, 4) is 5.75 Å². The van der Waals surface area contributed by atoms with Crippen LogP contribution in [-0.4, -0.2) is 48.2 Å². The van der Waals surface area contributed by atoms with Crippen molar-refractivity contribution in [2.24, 2.45) is 0 Å². The van der Waals surface area contributed by atoms with Gasteiger partial charge in [-0.25, -0.2) is 4.79 Å². The molecule has 1 heterocycles. The Hall–Kier alpha value is -2.61. The normalized spacial score (nSPS) is 19.5. The maximum atomic E-state index is 11.9. The highest BCUT2D eigenvalue weighted by Gasteiger charge is 2.34. The van der Waals surface area contributed by atoms with Crippen molar-refractivity contribution in [3.05, 3.63) is 24.3 Å². The van der Waals surface area contributed by atoms with Crippen LogP contribution in [0.4, 0.5) is 5.69 Å². The number of amides is 2. The fourth-order valence-corrected chi connectivity index (χ4v) is 2.30. The molecule has 0 radical (unpaired) electrons. The number of hydrogen-bond acceptors (Lipinski definition) is 5. The predicted molar refractivity (Wildman–Crippen MR) is 84.8 cm³/mol. The molecule has 0 bridgehead atoms. The van der Waals surface area contributed by atoms with E-state index in [-0.39, 0.29) is 18.9 Å². The maximum Gasteiger partial charge on any atom is 0.332 e. The van der Waals surface area contributed by atoms with Crippen LogP contribution in [0.1, 0.15) is 19.8 Å². The number of carbonyl (C=O) groups is 3. The van der Waals surface area contributed by atoms with E-state index in [4.69, 9.17) is 14.6 Å². The summed E-state index contributed by atoms with van der Waals surface area (Å²) < 4.78 is 10.4. The first-order valence-corrected chi connectivity index (χ1v) is 7.68. The van der Waals surface area contributed by atoms with Crippen LogP contribution in [0.2, 0.25) is 0 Å². The Labute approximate surface area is 139 Å². The molecule has 8 nitrogen and oxygen atoms in total. The Morgan fingerprint density at radius 1 is 1.21 bits per heavy atom. The average Bonchev–Trinajstić information content (AvgIpc) is 3.05. The highest BCUT2D eigenvalue weighted by molar-refractivity contribution is 5.95. The summed E-state index contributed by atoms with van der Waals surface area (Å²) in [6.07, 6.45) is -1.18. The molecule has 1 aliphatic rings. The number of carbonyl (C=O) groups excluding carboxylic acids is 2. The van der Waals surface area contributed by atoms with Crippen molar-refractivity contribution in [1.29, 1.82) is 0 Å². The Morgan fingerprint density at radius 2 is 1.88 bits per heavy atom. The average molecular weight is 336 g/mol. The van der Waals surface area contributed by atoms with Crippen LogP contribution in [-0.2, 0) is 19.1 Å². The van der Waals surface area contributed by atoms with Gasteiger partial charge < -0.3 is 25.2 Å². The summed E-state index contributed by atoms with van der Waals surface area (Å²) in [4.78, 5) is 34.5. The number of rotatable bonds is 7. The fourth-order valence-electron chi connectivity index (χ4n) is 2.30. The number of ether oxygens (including phenoxy) is 2. The standard InChI is InChI=1S/C16H20N2O6/c1-2-23-11-5-3-10(4-6-11)18-14(19)9-17-15(20)12-7-8-13(24-12)16(21)22/h3-6,12-13H,2,7-9H2,1H3,(H,17,20)(H,18,19)(H,21,22)/t12-,13+/m0/s1. The molecule has 0 spiro atoms. The lowest BCUT2D eigenvalue weighted by atomic mass is 10.2. The number of anilines is 1. The fraction of sp³-hybridized carbons (Fsp3) is 0.438. The molecule has 0 aliphatic carbocycles. The lowest BCUT2D eigenvalue weighted by molar-refractivity contribution is -0.152. The molecule has 0 aromatic heterocycles. The molecule has 8 heteroatoms. The summed E-state index contributed by atoms with van der Waals surface area (Å²) in [5, 5.41) is 13.9. The van der Waals surface area contributed by atoms with Crippen LogP contribution < -0.4 is 15.4 Å². The van der Waals surface area contributed by atoms with Crippen molar-refractivity contribution in [3.63, 3.8) is 0 Å². The van der Waals surface area contributed by atoms with Gasteiger partial charge in [-0.15, -0.1) is 0 Å². The summed E-state index contributed by atoms with van der Waals surface area (Å²) in [6.45, 7) is 2.22. The van der Waals surface area contributed by atoms with E-state index in [1.807, 2.05) is 6.92 Å². The quantitative estimate of drug-likeness (QED) is 0.678. The van der Waals surface area contributed by atoms with Gasteiger partial charge in [0.15, 0.2) is 6.10 Å². The van der Waals surface area contributed by atoms with Crippen molar-refractivity contribution in [2.75, 3.05) is 18.5 Å². The Kier molecular flexibility index (Phi) is 6.14. The van der Waals surface area contributed by atoms with E-state index in [1.54, 1.807) is 24.3 Å². The van der Waals surface area contributed by atoms with Crippen LogP contribution in [0.25, 0.3) is 0 Å². The zero-order chi connectivity index (χ0) is 17.5. The van der Waals surface area contributed by atoms with Gasteiger partial charge in [-0.1, -0.05) is 0 Å². The number of hydrogen-bond donors (Lipinski definition) is 3. The van der Waals surface area contributed by atoms with E-state index in [9.17, 15) is 14.4 Å². The van der Waals surface area contributed by atoms with E-state index >= 15 is 0 Å². The van der Waals surface area contributed by atoms with Crippen LogP contribution in [0.3, 0.4) is 0 Å². The van der Waals surface area contributed by atoms with Crippen LogP contribution in [0, 0.1) is 0 Å². The minimum Gasteiger partial charge on any atom is -0.494 e. The van der Waals surface area contributed by atoms with Gasteiger partial charge in [0.25, 0.3) is 0 Å². The molecule has 1 aliphatic heterocycles. The molecule has 2 rings (SSSR count). The first-order chi connectivity index (χ1) is 11.5. The molecule has 0 unspecified atom stereocenters. The lowest BCUT2D eigenvalue weighted by Crippen LogP contribution is -2.39. The number of carboxylic acid groups (broad SMARTS) is 1. The minimum absolute atomic E-state index is 0.219. The highest BCUT2D eigenvalue weighted by atomic mass is 16.5. The molecule has 24 heavy (non-hydrogen) atoms. The van der Waals surface area contributed by atoms with E-state index in [1.165, 1.54) is 0 Å². The molecule has 2 amide bonds. The summed E-state index contributed by atoms with van der Waals surface area (Å²) in [6, 6.07) is 6.86. The largest absolute Gasteiger partial charge is 0.494 e. The third-order valence-electron chi connectivity index (χ3n) is 3.46. The van der Waals surface area contributed by atoms with Crippen molar-refractivity contribution >= 4 is 23.5 Å². The summed E-state index contributed by atoms with van der Waals surface area (Å²) in [5.74, 6) is -1.26. The van der Waals surface area contributed by atoms with Gasteiger partial charge in [0, 0.05) is 5.69 Å². The van der Waals surface area contributed by atoms with E-state index in [2.05, 4.69) is 10.6 Å². The van der Waals surface area contributed by atoms with Gasteiger partial charge in [-0.2, -0.15) is 0 Å². The molecular formula is C16H20N2O6. The maximum absolute atomic E-state index is 11.9. The Bertz CT molecular complexity index is 601. The van der Waals surface area contributed by atoms with E-state index < -0.39 is 24.1 Å². The first kappa shape index (κ1) is 17.7. The molecule has 1 fully saturated rings. The van der Waals surface area contributed by atoms with Gasteiger partial charge >= 0.3 is 5.97 Å². The second-order valence-electron chi connectivity index (χ2n) is 5.25. The van der Waals surface area contributed by atoms with Crippen molar-refractivity contribution < 1.29 is 29.0 Å². The monoisotopic (exact) mass is 336 g/mol. The molecule has 1 aromatic rings. The Morgan fingerprint density at radius 3 is 2.46 bits per heavy atom. The predicted octanol–water partition coefficient (Wildman–Crippen LogP) is 0.772. The second-order valence-corrected chi connectivity index (χ2v) is 5.25. The van der Waals surface area contributed by atoms with Gasteiger partial charge in [-0.05, 0) is 44.0 Å². The van der Waals surface area contributed by atoms with Gasteiger partial charge in [0.05, 0.1) is 13.2 Å². The summed E-state index contributed by atoms with van der Waals surface area (Å²) in [7, 11) is 0. The highest BCUT2D eigenvalue weighted by Crippen LogP contribution is 2.20. The molecule has 1 aromatic carbocycles. The third-order valence-corrected chi connectivity index (χ3v) is 3.46. The van der Waals surface area contributed by atoms with E-state index in [0.29, 0.717) is 24.5 Å². The van der Waals surface area contributed by atoms with Gasteiger partial charge in [0.1, 0.15) is 11.9 Å². The Balaban J connectivity index is 1.74. The zero-order valence-corrected chi connectivity index (χ0v) is 13.3. The molecule has 1 saturated heterocycles. The van der Waals surface area contributed by atoms with Gasteiger partial charge in [0.2, 0.25) is 11.8 Å². The summed E-state index contributed by atoms with van der Waals surface area (Å²) in [5.41, 5.74) is 0.584. The molecule has 0 saturated carbocycles. The van der Waals surface area contributed by atoms with Crippen LogP contribution in [0.5, 0.6) is 5.75 Å². The number of benzene rings is 1. The van der Waals surface area contributed by atoms with Crippen LogP contribution in [0.15, 0.2) is 24.3 Å². The third kappa shape index (κ3) is 4.95. The number of aliphatic carboxylic acids is 1. The molecular weight excluding hydrogens is 316 g/mol. The van der Waals surface area contributed by atoms with Gasteiger partial charge in [-0.3, -0.25) is 9.59 Å². The number of nitrogens with one attached hydrogen (secondary N) is 2. The van der Waals surface area contributed by atoms with Crippen molar-refractivity contribution in [2.45, 2.75) is 32.0 Å². The van der Waals surface area contributed by atoms with E-state index in [0.717, 1.165) is 0 Å². The smallest absolute Gasteiger partial charge is 0.332 e. The topological polar surface area (TPSA) is 114 Å². The van der Waals surface area contributed by atoms with Crippen molar-refractivity contribution in [1.82, 2.24) is 5.32 Å². The molecule has 130 valence electrons. The first-order valence-electron chi connectivity index (χ1n) is 7.68. The molecule has 3 N–H and O–H groups in total. The zero-order valence-electron chi connectivity index (χ0n) is 13.3. The summed E-state index contributed by atoms with van der Waals surface area (Å²) >= 11 is 0. The van der Waals surface area contributed by atoms with Crippen LogP contribution >= 0.6 is 0 Å². The SMILES string of the molecule is CCOc1ccc(NC(=O)CNC(=O)[C@@H]2CC[C@H](C(=O)O)O2)cc1. The second kappa shape index (κ2) is 8.30. The molecule has 2 atom stereocenters.